The average Bonchev–Trinajstić information content (AvgIpc) is 2.52. The molecule has 14 heavy (non-hydrogen) atoms. The van der Waals surface area contributed by atoms with Crippen LogP contribution in [-0.4, -0.2) is 29.5 Å². The van der Waals surface area contributed by atoms with E-state index in [0.717, 1.165) is 17.1 Å². The number of rotatable bonds is 2. The van der Waals surface area contributed by atoms with Crippen LogP contribution in [0.1, 0.15) is 0 Å². The van der Waals surface area contributed by atoms with Crippen molar-refractivity contribution >= 4 is 17.4 Å². The van der Waals surface area contributed by atoms with Crippen molar-refractivity contribution in [3.8, 4) is 0 Å². The number of hydrogen-bond acceptors (Lipinski definition) is 4. The molecule has 0 aliphatic carbocycles. The maximum absolute atomic E-state index is 9.60. The van der Waals surface area contributed by atoms with Gasteiger partial charge in [-0.05, 0) is 18.2 Å². The number of β-amino-alcohol motifs (C(OH)–C–C–N with tert-alkyl or cyclic N) is 1. The van der Waals surface area contributed by atoms with Crippen molar-refractivity contribution < 1.29 is 5.11 Å². The zero-order valence-electron chi connectivity index (χ0n) is 7.81. The molecule has 1 heterocycles. The van der Waals surface area contributed by atoms with Gasteiger partial charge in [-0.25, -0.2) is 0 Å². The second kappa shape index (κ2) is 4.21. The first-order valence-electron chi connectivity index (χ1n) is 4.67. The van der Waals surface area contributed by atoms with Crippen LogP contribution in [0.25, 0.3) is 0 Å². The molecule has 0 radical (unpaired) electrons. The Morgan fingerprint density at radius 2 is 2.29 bits per heavy atom. The van der Waals surface area contributed by atoms with Crippen LogP contribution in [0.3, 0.4) is 0 Å². The maximum atomic E-state index is 9.60. The van der Waals surface area contributed by atoms with Crippen LogP contribution < -0.4 is 11.1 Å². The minimum atomic E-state index is -0.249. The number of aliphatic hydroxyl groups is 1. The molecule has 1 fully saturated rings. The van der Waals surface area contributed by atoms with Crippen molar-refractivity contribution in [2.45, 2.75) is 16.2 Å². The summed E-state index contributed by atoms with van der Waals surface area (Å²) in [4.78, 5) is 1.12. The Kier molecular flexibility index (Phi) is 2.96. The van der Waals surface area contributed by atoms with Gasteiger partial charge >= 0.3 is 0 Å². The molecule has 76 valence electrons. The van der Waals surface area contributed by atoms with Crippen LogP contribution in [0.4, 0.5) is 5.69 Å². The Morgan fingerprint density at radius 1 is 1.43 bits per heavy atom. The Labute approximate surface area is 87.7 Å². The molecule has 1 aromatic rings. The second-order valence-corrected chi connectivity index (χ2v) is 4.77. The van der Waals surface area contributed by atoms with Gasteiger partial charge in [0.2, 0.25) is 0 Å². The van der Waals surface area contributed by atoms with Crippen molar-refractivity contribution in [3.63, 3.8) is 0 Å². The number of thioether (sulfide) groups is 1. The van der Waals surface area contributed by atoms with Crippen molar-refractivity contribution in [2.75, 3.05) is 18.8 Å². The molecule has 0 amide bonds. The first-order chi connectivity index (χ1) is 6.75. The van der Waals surface area contributed by atoms with Crippen LogP contribution >= 0.6 is 11.8 Å². The average molecular weight is 210 g/mol. The van der Waals surface area contributed by atoms with Gasteiger partial charge in [0.1, 0.15) is 0 Å². The van der Waals surface area contributed by atoms with E-state index in [1.54, 1.807) is 11.8 Å². The summed E-state index contributed by atoms with van der Waals surface area (Å²) >= 11 is 1.68. The van der Waals surface area contributed by atoms with Gasteiger partial charge in [-0.1, -0.05) is 6.07 Å². The zero-order valence-corrected chi connectivity index (χ0v) is 8.63. The van der Waals surface area contributed by atoms with Crippen LogP contribution in [0, 0.1) is 0 Å². The third kappa shape index (κ3) is 2.20. The normalized spacial score (nSPS) is 26.6. The summed E-state index contributed by atoms with van der Waals surface area (Å²) in [5, 5.41) is 13.0. The fourth-order valence-corrected chi connectivity index (χ4v) is 2.69. The van der Waals surface area contributed by atoms with E-state index in [4.69, 9.17) is 5.73 Å². The van der Waals surface area contributed by atoms with E-state index in [1.165, 1.54) is 0 Å². The lowest BCUT2D eigenvalue weighted by Crippen LogP contribution is -2.19. The molecular weight excluding hydrogens is 196 g/mol. The third-order valence-corrected chi connectivity index (χ3v) is 3.58. The van der Waals surface area contributed by atoms with Gasteiger partial charge in [0.05, 0.1) is 6.10 Å². The Morgan fingerprint density at radius 3 is 2.93 bits per heavy atom. The van der Waals surface area contributed by atoms with Gasteiger partial charge in [-0.3, -0.25) is 0 Å². The van der Waals surface area contributed by atoms with E-state index in [2.05, 4.69) is 5.32 Å². The van der Waals surface area contributed by atoms with Gasteiger partial charge in [-0.15, -0.1) is 11.8 Å². The SMILES string of the molecule is Nc1cccc(SC2CNCC2O)c1. The lowest BCUT2D eigenvalue weighted by Gasteiger charge is -2.12. The molecule has 0 bridgehead atoms. The number of nitrogens with two attached hydrogens (primary N) is 1. The summed E-state index contributed by atoms with van der Waals surface area (Å²) in [6.45, 7) is 1.56. The number of nitrogens with one attached hydrogen (secondary N) is 1. The molecule has 3 nitrogen and oxygen atoms in total. The number of nitrogen functional groups attached to an aromatic ring is 1. The molecule has 1 aromatic carbocycles. The molecule has 1 aliphatic heterocycles. The standard InChI is InChI=1S/C10H14N2OS/c11-7-2-1-3-8(4-7)14-10-6-12-5-9(10)13/h1-4,9-10,12-13H,5-6,11H2. The Hall–Kier alpha value is -0.710. The number of benzene rings is 1. The van der Waals surface area contributed by atoms with Gasteiger partial charge in [0, 0.05) is 28.9 Å². The van der Waals surface area contributed by atoms with Crippen LogP contribution in [0.2, 0.25) is 0 Å². The van der Waals surface area contributed by atoms with Gasteiger partial charge in [0.15, 0.2) is 0 Å². The van der Waals surface area contributed by atoms with Crippen molar-refractivity contribution in [1.82, 2.24) is 5.32 Å². The van der Waals surface area contributed by atoms with Crippen LogP contribution in [0.5, 0.6) is 0 Å². The lowest BCUT2D eigenvalue weighted by atomic mass is 10.3. The van der Waals surface area contributed by atoms with Gasteiger partial charge in [0.25, 0.3) is 0 Å². The third-order valence-electron chi connectivity index (χ3n) is 2.27. The van der Waals surface area contributed by atoms with E-state index in [0.29, 0.717) is 6.54 Å². The van der Waals surface area contributed by atoms with Crippen molar-refractivity contribution in [3.05, 3.63) is 24.3 Å². The summed E-state index contributed by atoms with van der Waals surface area (Å²) in [5.41, 5.74) is 6.45. The minimum Gasteiger partial charge on any atom is -0.399 e. The summed E-state index contributed by atoms with van der Waals surface area (Å²) in [6, 6.07) is 7.77. The highest BCUT2D eigenvalue weighted by Gasteiger charge is 2.25. The summed E-state index contributed by atoms with van der Waals surface area (Å²) < 4.78 is 0. The summed E-state index contributed by atoms with van der Waals surface area (Å²) in [5.74, 6) is 0. The second-order valence-electron chi connectivity index (χ2n) is 3.45. The fourth-order valence-electron chi connectivity index (χ4n) is 1.52. The predicted molar refractivity (Wildman–Crippen MR) is 59.4 cm³/mol. The molecule has 0 saturated carbocycles. The van der Waals surface area contributed by atoms with Crippen LogP contribution in [0.15, 0.2) is 29.2 Å². The van der Waals surface area contributed by atoms with E-state index in [9.17, 15) is 5.11 Å². The molecule has 1 saturated heterocycles. The Bertz CT molecular complexity index is 319. The van der Waals surface area contributed by atoms with Crippen molar-refractivity contribution in [2.24, 2.45) is 0 Å². The smallest absolute Gasteiger partial charge is 0.0798 e. The summed E-state index contributed by atoms with van der Waals surface area (Å²) in [6.07, 6.45) is -0.249. The Balaban J connectivity index is 2.03. The zero-order chi connectivity index (χ0) is 9.97. The van der Waals surface area contributed by atoms with Crippen molar-refractivity contribution in [1.29, 1.82) is 0 Å². The molecule has 0 aromatic heterocycles. The minimum absolute atomic E-state index is 0.247. The highest BCUT2D eigenvalue weighted by Crippen LogP contribution is 2.28. The number of aliphatic hydroxyl groups excluding tert-OH is 1. The fraction of sp³-hybridized carbons (Fsp3) is 0.400. The number of hydrogen-bond donors (Lipinski definition) is 3. The quantitative estimate of drug-likeness (QED) is 0.629. The molecule has 2 atom stereocenters. The summed E-state index contributed by atoms with van der Waals surface area (Å²) in [7, 11) is 0. The monoisotopic (exact) mass is 210 g/mol. The molecule has 4 heteroatoms. The van der Waals surface area contributed by atoms with E-state index in [-0.39, 0.29) is 11.4 Å². The lowest BCUT2D eigenvalue weighted by molar-refractivity contribution is 0.201. The molecule has 2 unspecified atom stereocenters. The van der Waals surface area contributed by atoms with E-state index < -0.39 is 0 Å². The molecular formula is C10H14N2OS. The number of anilines is 1. The van der Waals surface area contributed by atoms with Gasteiger partial charge < -0.3 is 16.2 Å². The molecule has 0 spiro atoms. The first-order valence-corrected chi connectivity index (χ1v) is 5.54. The maximum Gasteiger partial charge on any atom is 0.0798 e. The highest BCUT2D eigenvalue weighted by atomic mass is 32.2. The van der Waals surface area contributed by atoms with Crippen LogP contribution in [-0.2, 0) is 0 Å². The van der Waals surface area contributed by atoms with E-state index >= 15 is 0 Å². The van der Waals surface area contributed by atoms with Gasteiger partial charge in [-0.2, -0.15) is 0 Å². The first kappa shape index (κ1) is 9.83. The largest absolute Gasteiger partial charge is 0.399 e. The molecule has 1 aliphatic rings. The molecule has 4 N–H and O–H groups in total. The molecule has 2 rings (SSSR count). The predicted octanol–water partition coefficient (Wildman–Crippen LogP) is 0.694. The highest BCUT2D eigenvalue weighted by molar-refractivity contribution is 8.00. The van der Waals surface area contributed by atoms with E-state index in [1.807, 2.05) is 24.3 Å². The topological polar surface area (TPSA) is 58.3 Å².